The first-order chi connectivity index (χ1) is 11.1. The largest absolute Gasteiger partial charge is 0.339 e. The first-order valence-corrected chi connectivity index (χ1v) is 11.7. The maximum atomic E-state index is 11.3. The minimum Gasteiger partial charge on any atom is -0.324 e. The second-order valence-corrected chi connectivity index (χ2v) is 9.76. The lowest BCUT2D eigenvalue weighted by Gasteiger charge is -2.29. The van der Waals surface area contributed by atoms with Gasteiger partial charge >= 0.3 is 15.2 Å². The third-order valence-corrected chi connectivity index (χ3v) is 5.97. The van der Waals surface area contributed by atoms with Crippen LogP contribution in [0, 0.1) is 0 Å². The van der Waals surface area contributed by atoms with Crippen molar-refractivity contribution >= 4 is 15.2 Å². The monoisotopic (exact) mass is 386 g/mol. The molecule has 0 atom stereocenters. The average molecular weight is 386 g/mol. The summed E-state index contributed by atoms with van der Waals surface area (Å²) in [6.45, 7) is 6.80. The molecule has 0 saturated carbocycles. The van der Waals surface area contributed by atoms with E-state index >= 15 is 0 Å². The van der Waals surface area contributed by atoms with Crippen molar-refractivity contribution in [1.82, 2.24) is 19.6 Å². The third-order valence-electron chi connectivity index (χ3n) is 4.43. The van der Waals surface area contributed by atoms with E-state index in [4.69, 9.17) is 0 Å². The van der Waals surface area contributed by atoms with Gasteiger partial charge in [0.25, 0.3) is 0 Å². The maximum Gasteiger partial charge on any atom is 0.339 e. The van der Waals surface area contributed by atoms with Crippen molar-refractivity contribution < 1.29 is 28.7 Å². The van der Waals surface area contributed by atoms with Crippen molar-refractivity contribution in [1.29, 1.82) is 0 Å². The summed E-state index contributed by atoms with van der Waals surface area (Å²) in [5.41, 5.74) is 0. The van der Waals surface area contributed by atoms with Gasteiger partial charge in [0, 0.05) is 65.4 Å². The fraction of sp³-hybridized carbons (Fsp3) is 1.00. The molecule has 4 N–H and O–H groups in total. The maximum absolute atomic E-state index is 11.3. The van der Waals surface area contributed by atoms with Gasteiger partial charge in [-0.15, -0.1) is 0 Å². The molecule has 0 radical (unpaired) electrons. The first kappa shape index (κ1) is 20.5. The van der Waals surface area contributed by atoms with Crippen molar-refractivity contribution in [2.75, 3.05) is 78.0 Å². The van der Waals surface area contributed by atoms with Crippen molar-refractivity contribution in [2.24, 2.45) is 0 Å². The topological polar surface area (TPSA) is 128 Å². The summed E-state index contributed by atoms with van der Waals surface area (Å²) in [7, 11) is -8.14. The molecular weight excluding hydrogens is 358 g/mol. The predicted molar refractivity (Wildman–Crippen MR) is 89.8 cm³/mol. The minimum atomic E-state index is -4.07. The van der Waals surface area contributed by atoms with Crippen molar-refractivity contribution in [3.63, 3.8) is 0 Å². The molecule has 142 valence electrons. The molecule has 2 bridgehead atoms. The first-order valence-electron chi connectivity index (χ1n) is 8.09. The van der Waals surface area contributed by atoms with E-state index in [1.807, 2.05) is 0 Å². The van der Waals surface area contributed by atoms with Crippen LogP contribution in [0.15, 0.2) is 0 Å². The highest BCUT2D eigenvalue weighted by atomic mass is 31.2. The van der Waals surface area contributed by atoms with Gasteiger partial charge in [-0.3, -0.25) is 28.7 Å². The summed E-state index contributed by atoms with van der Waals surface area (Å²) in [5, 5.41) is 0. The molecular formula is C12H28N4O6P2. The van der Waals surface area contributed by atoms with Crippen molar-refractivity contribution in [3.05, 3.63) is 0 Å². The Morgan fingerprint density at radius 3 is 1.04 bits per heavy atom. The van der Waals surface area contributed by atoms with Crippen LogP contribution >= 0.6 is 15.2 Å². The molecule has 0 aromatic heterocycles. The van der Waals surface area contributed by atoms with Crippen molar-refractivity contribution in [3.8, 4) is 0 Å². The standard InChI is InChI=1S/C12H28N4O6P2/c17-23(18,19)11-15-7-3-13-1-2-14(5-9-15)6-10-16(8-4-13)12-24(20,21)22/h1-12H2,(H2,17,18,19)(H2,20,21,22). The van der Waals surface area contributed by atoms with Gasteiger partial charge in [-0.05, 0) is 0 Å². The van der Waals surface area contributed by atoms with Gasteiger partial charge in [0.05, 0.1) is 0 Å². The normalized spacial score (nSPS) is 29.2. The van der Waals surface area contributed by atoms with E-state index in [2.05, 4.69) is 9.80 Å². The van der Waals surface area contributed by atoms with Gasteiger partial charge in [-0.2, -0.15) is 0 Å². The van der Waals surface area contributed by atoms with Crippen molar-refractivity contribution in [2.45, 2.75) is 0 Å². The quantitative estimate of drug-likeness (QED) is 0.424. The second-order valence-electron chi connectivity index (χ2n) is 6.53. The highest BCUT2D eigenvalue weighted by Crippen LogP contribution is 2.35. The molecule has 2 fully saturated rings. The van der Waals surface area contributed by atoms with Gasteiger partial charge in [0.15, 0.2) is 0 Å². The van der Waals surface area contributed by atoms with Gasteiger partial charge in [-0.1, -0.05) is 0 Å². The molecule has 0 amide bonds. The third kappa shape index (κ3) is 8.01. The summed E-state index contributed by atoms with van der Waals surface area (Å²) in [5.74, 6) is 0. The van der Waals surface area contributed by atoms with Crippen LogP contribution in [-0.4, -0.2) is 117 Å². The Morgan fingerprint density at radius 1 is 0.542 bits per heavy atom. The Labute approximate surface area is 142 Å². The number of nitrogens with zero attached hydrogens (tertiary/aromatic N) is 4. The fourth-order valence-electron chi connectivity index (χ4n) is 3.11. The Bertz CT molecular complexity index is 438. The molecule has 10 nitrogen and oxygen atoms in total. The van der Waals surface area contributed by atoms with Crippen LogP contribution in [0.1, 0.15) is 0 Å². The highest BCUT2D eigenvalue weighted by Gasteiger charge is 2.25. The van der Waals surface area contributed by atoms with Gasteiger partial charge in [-0.25, -0.2) is 0 Å². The van der Waals surface area contributed by atoms with Crippen LogP contribution < -0.4 is 0 Å². The number of hydrogen-bond donors (Lipinski definition) is 4. The Hall–Kier alpha value is 0.140. The number of rotatable bonds is 4. The zero-order valence-corrected chi connectivity index (χ0v) is 15.6. The van der Waals surface area contributed by atoms with E-state index in [0.29, 0.717) is 52.4 Å². The van der Waals surface area contributed by atoms with Gasteiger partial charge < -0.3 is 19.6 Å². The Kier molecular flexibility index (Phi) is 7.40. The van der Waals surface area contributed by atoms with Crippen LogP contribution in [-0.2, 0) is 9.13 Å². The molecule has 24 heavy (non-hydrogen) atoms. The fourth-order valence-corrected chi connectivity index (χ4v) is 4.72. The molecule has 12 heteroatoms. The summed E-state index contributed by atoms with van der Waals surface area (Å²) in [6, 6.07) is 0. The summed E-state index contributed by atoms with van der Waals surface area (Å²) in [4.78, 5) is 44.9. The molecule has 2 aliphatic heterocycles. The van der Waals surface area contributed by atoms with Crippen LogP contribution in [0.4, 0.5) is 0 Å². The Balaban J connectivity index is 2.01. The molecule has 0 unspecified atom stereocenters. The zero-order valence-electron chi connectivity index (χ0n) is 13.8. The minimum absolute atomic E-state index is 0.223. The SMILES string of the molecule is O=P(O)(O)CN1CCN2CCN(CC1)CCN(CP(=O)(O)O)CC2. The lowest BCUT2D eigenvalue weighted by atomic mass is 10.4. The highest BCUT2D eigenvalue weighted by molar-refractivity contribution is 7.51. The van der Waals surface area contributed by atoms with E-state index in [-0.39, 0.29) is 12.6 Å². The zero-order chi connectivity index (χ0) is 17.8. The van der Waals surface area contributed by atoms with Crippen LogP contribution in [0.3, 0.4) is 0 Å². The number of fused-ring (bicyclic) bond motifs is 3. The molecule has 0 aromatic rings. The molecule has 2 heterocycles. The lowest BCUT2D eigenvalue weighted by Crippen LogP contribution is -2.42. The second kappa shape index (κ2) is 8.68. The van der Waals surface area contributed by atoms with E-state index in [9.17, 15) is 28.7 Å². The van der Waals surface area contributed by atoms with E-state index < -0.39 is 15.2 Å². The summed E-state index contributed by atoms with van der Waals surface area (Å²) in [6.07, 6.45) is -0.446. The number of hydrogen-bond acceptors (Lipinski definition) is 6. The molecule has 2 rings (SSSR count). The molecule has 0 aliphatic carbocycles. The summed E-state index contributed by atoms with van der Waals surface area (Å²) >= 11 is 0. The smallest absolute Gasteiger partial charge is 0.324 e. The lowest BCUT2D eigenvalue weighted by molar-refractivity contribution is 0.186. The van der Waals surface area contributed by atoms with Crippen LogP contribution in [0.2, 0.25) is 0 Å². The van der Waals surface area contributed by atoms with Crippen LogP contribution in [0.25, 0.3) is 0 Å². The van der Waals surface area contributed by atoms with E-state index in [0.717, 1.165) is 13.1 Å². The van der Waals surface area contributed by atoms with Crippen LogP contribution in [0.5, 0.6) is 0 Å². The molecule has 2 saturated heterocycles. The van der Waals surface area contributed by atoms with E-state index in [1.165, 1.54) is 0 Å². The van der Waals surface area contributed by atoms with E-state index in [1.54, 1.807) is 9.80 Å². The summed E-state index contributed by atoms with van der Waals surface area (Å²) < 4.78 is 22.5. The van der Waals surface area contributed by atoms with Gasteiger partial charge in [0.1, 0.15) is 12.6 Å². The predicted octanol–water partition coefficient (Wildman–Crippen LogP) is -1.51. The Morgan fingerprint density at radius 2 is 0.792 bits per heavy atom. The van der Waals surface area contributed by atoms with Gasteiger partial charge in [0.2, 0.25) is 0 Å². The molecule has 2 aliphatic rings. The molecule has 0 aromatic carbocycles. The average Bonchev–Trinajstić information content (AvgIpc) is 2.56. The molecule has 0 spiro atoms.